The van der Waals surface area contributed by atoms with Crippen LogP contribution in [0.5, 0.6) is 23.0 Å². The number of rotatable bonds is 5. The van der Waals surface area contributed by atoms with Crippen molar-refractivity contribution in [2.45, 2.75) is 10.8 Å². The van der Waals surface area contributed by atoms with E-state index in [4.69, 9.17) is 9.47 Å². The Morgan fingerprint density at radius 2 is 0.760 bits per heavy atom. The number of nitrogens with zero attached hydrogens (tertiary/aromatic N) is 1. The molecule has 2 aliphatic carbocycles. The molecule has 0 aromatic heterocycles. The highest BCUT2D eigenvalue weighted by Crippen LogP contribution is 2.67. The van der Waals surface area contributed by atoms with Crippen LogP contribution in [0.25, 0.3) is 55.3 Å². The molecule has 3 nitrogen and oxygen atoms in total. The SMILES string of the molecule is c1ccc(-c2ccc(-c3ccccc3N(c3ccc4c(c3)C3(c5ccccc5Oc5ccccc53)c3ccccc3-4)c3cccc4c3-c3ccc5ccccc5c3C43c4ccccc4Oc4ccccc43)cc2)cc1. The third kappa shape index (κ3) is 5.70. The first-order valence-electron chi connectivity index (χ1n) is 25.9. The number of hydrogen-bond donors (Lipinski definition) is 0. The lowest BCUT2D eigenvalue weighted by Gasteiger charge is -2.40. The molecule has 0 bridgehead atoms. The topological polar surface area (TPSA) is 21.7 Å². The van der Waals surface area contributed by atoms with Crippen LogP contribution >= 0.6 is 0 Å². The molecule has 0 fully saturated rings. The van der Waals surface area contributed by atoms with E-state index in [-0.39, 0.29) is 0 Å². The second-order valence-corrected chi connectivity index (χ2v) is 20.2. The van der Waals surface area contributed by atoms with Gasteiger partial charge in [-0.2, -0.15) is 0 Å². The summed E-state index contributed by atoms with van der Waals surface area (Å²) in [5.74, 6) is 3.49. The van der Waals surface area contributed by atoms with Crippen LogP contribution in [-0.2, 0) is 10.8 Å². The molecular formula is C72H45NO2. The fourth-order valence-electron chi connectivity index (χ4n) is 13.7. The number of anilines is 3. The Hall–Kier alpha value is -9.70. The molecule has 0 saturated heterocycles. The lowest BCUT2D eigenvalue weighted by Crippen LogP contribution is -2.32. The maximum absolute atomic E-state index is 6.88. The van der Waals surface area contributed by atoms with Gasteiger partial charge in [-0.05, 0) is 115 Å². The van der Waals surface area contributed by atoms with Gasteiger partial charge in [-0.15, -0.1) is 0 Å². The Labute approximate surface area is 435 Å². The highest BCUT2D eigenvalue weighted by molar-refractivity contribution is 6.06. The zero-order valence-electron chi connectivity index (χ0n) is 40.7. The number of hydrogen-bond acceptors (Lipinski definition) is 3. The van der Waals surface area contributed by atoms with E-state index in [1.165, 1.54) is 66.4 Å². The molecule has 0 saturated carbocycles. The highest BCUT2D eigenvalue weighted by Gasteiger charge is 2.54. The molecule has 0 unspecified atom stereocenters. The van der Waals surface area contributed by atoms with Crippen molar-refractivity contribution in [3.8, 4) is 67.5 Å². The summed E-state index contributed by atoms with van der Waals surface area (Å²) in [4.78, 5) is 2.56. The number of benzene rings is 12. The van der Waals surface area contributed by atoms with E-state index < -0.39 is 10.8 Å². The average Bonchev–Trinajstić information content (AvgIpc) is 4.03. The molecule has 2 spiro atoms. The summed E-state index contributed by atoms with van der Waals surface area (Å²) in [5, 5.41) is 2.43. The van der Waals surface area contributed by atoms with Crippen LogP contribution in [0.1, 0.15) is 44.5 Å². The average molecular weight is 956 g/mol. The molecule has 4 aliphatic rings. The molecule has 0 radical (unpaired) electrons. The van der Waals surface area contributed by atoms with Gasteiger partial charge >= 0.3 is 0 Å². The Morgan fingerprint density at radius 1 is 0.280 bits per heavy atom. The van der Waals surface area contributed by atoms with Crippen molar-refractivity contribution in [1.82, 2.24) is 0 Å². The molecule has 75 heavy (non-hydrogen) atoms. The fourth-order valence-corrected chi connectivity index (χ4v) is 13.7. The van der Waals surface area contributed by atoms with Gasteiger partial charge in [-0.1, -0.05) is 224 Å². The van der Waals surface area contributed by atoms with Crippen LogP contribution in [0.2, 0.25) is 0 Å². The van der Waals surface area contributed by atoms with E-state index in [1.807, 2.05) is 0 Å². The molecule has 16 rings (SSSR count). The largest absolute Gasteiger partial charge is 0.457 e. The van der Waals surface area contributed by atoms with Gasteiger partial charge in [-0.25, -0.2) is 0 Å². The molecule has 0 amide bonds. The van der Waals surface area contributed by atoms with E-state index in [2.05, 4.69) is 278 Å². The van der Waals surface area contributed by atoms with Crippen LogP contribution in [0.3, 0.4) is 0 Å². The predicted molar refractivity (Wildman–Crippen MR) is 304 cm³/mol. The van der Waals surface area contributed by atoms with Gasteiger partial charge < -0.3 is 14.4 Å². The van der Waals surface area contributed by atoms with E-state index in [1.54, 1.807) is 0 Å². The molecule has 350 valence electrons. The number of fused-ring (bicyclic) bond motifs is 20. The molecule has 0 N–H and O–H groups in total. The van der Waals surface area contributed by atoms with Gasteiger partial charge in [0.2, 0.25) is 0 Å². The van der Waals surface area contributed by atoms with Gasteiger partial charge in [0.1, 0.15) is 23.0 Å². The fraction of sp³-hybridized carbons (Fsp3) is 0.0278. The number of ether oxygens (including phenoxy) is 2. The van der Waals surface area contributed by atoms with Crippen molar-refractivity contribution in [3.63, 3.8) is 0 Å². The van der Waals surface area contributed by atoms with Crippen molar-refractivity contribution in [3.05, 3.63) is 317 Å². The van der Waals surface area contributed by atoms with E-state index in [0.29, 0.717) is 0 Å². The smallest absolute Gasteiger partial charge is 0.132 e. The summed E-state index contributed by atoms with van der Waals surface area (Å²) in [6.45, 7) is 0. The molecule has 12 aromatic rings. The standard InChI is InChI=1S/C72H45NO2/c1-2-19-46(20-3-1)47-37-39-49(40-38-47)51-22-7-13-31-63(51)73(50-42-44-54-53-24-6-8-25-56(53)71(62(54)45-50)57-26-9-14-33-65(57)74-66-34-15-10-27-58(66)71)64-32-18-30-61-69(64)55-43-41-48-21-4-5-23-52(48)70(55)72(61)59-28-11-16-35-67(59)75-68-36-17-12-29-60(68)72/h1-45H. The minimum atomic E-state index is -0.704. The summed E-state index contributed by atoms with van der Waals surface area (Å²) in [6, 6.07) is 100. The Balaban J connectivity index is 1.02. The molecule has 2 aliphatic heterocycles. The third-order valence-electron chi connectivity index (χ3n) is 16.6. The van der Waals surface area contributed by atoms with Crippen LogP contribution in [0.15, 0.2) is 273 Å². The first-order valence-corrected chi connectivity index (χ1v) is 25.9. The predicted octanol–water partition coefficient (Wildman–Crippen LogP) is 18.6. The van der Waals surface area contributed by atoms with Crippen molar-refractivity contribution in [2.24, 2.45) is 0 Å². The van der Waals surface area contributed by atoms with Gasteiger partial charge in [0.15, 0.2) is 0 Å². The minimum absolute atomic E-state index is 0.657. The Kier molecular flexibility index (Phi) is 8.88. The van der Waals surface area contributed by atoms with Gasteiger partial charge in [0, 0.05) is 39.1 Å². The van der Waals surface area contributed by atoms with E-state index in [0.717, 1.165) is 73.4 Å². The molecule has 0 atom stereocenters. The zero-order chi connectivity index (χ0) is 49.2. The van der Waals surface area contributed by atoms with Crippen LogP contribution in [0, 0.1) is 0 Å². The maximum atomic E-state index is 6.88. The quantitative estimate of drug-likeness (QED) is 0.172. The summed E-state index contributed by atoms with van der Waals surface area (Å²) in [6.07, 6.45) is 0. The third-order valence-corrected chi connectivity index (χ3v) is 16.6. The zero-order valence-corrected chi connectivity index (χ0v) is 40.7. The summed E-state index contributed by atoms with van der Waals surface area (Å²) in [5.41, 5.74) is 20.9. The maximum Gasteiger partial charge on any atom is 0.132 e. The lowest BCUT2D eigenvalue weighted by molar-refractivity contribution is 0.436. The van der Waals surface area contributed by atoms with Crippen molar-refractivity contribution in [1.29, 1.82) is 0 Å². The molecule has 12 aromatic carbocycles. The van der Waals surface area contributed by atoms with E-state index in [9.17, 15) is 0 Å². The minimum Gasteiger partial charge on any atom is -0.457 e. The first-order chi connectivity index (χ1) is 37.2. The van der Waals surface area contributed by atoms with Crippen molar-refractivity contribution < 1.29 is 9.47 Å². The Bertz CT molecular complexity index is 4230. The Morgan fingerprint density at radius 3 is 1.44 bits per heavy atom. The number of para-hydroxylation sites is 5. The summed E-state index contributed by atoms with van der Waals surface area (Å²) in [7, 11) is 0. The second kappa shape index (κ2) is 15.9. The summed E-state index contributed by atoms with van der Waals surface area (Å²) < 4.78 is 13.7. The summed E-state index contributed by atoms with van der Waals surface area (Å²) >= 11 is 0. The molecule has 3 heteroatoms. The van der Waals surface area contributed by atoms with Crippen molar-refractivity contribution in [2.75, 3.05) is 4.90 Å². The van der Waals surface area contributed by atoms with Crippen LogP contribution in [0.4, 0.5) is 17.1 Å². The van der Waals surface area contributed by atoms with Gasteiger partial charge in [-0.3, -0.25) is 0 Å². The molecular weight excluding hydrogens is 911 g/mol. The lowest BCUT2D eigenvalue weighted by atomic mass is 9.65. The monoisotopic (exact) mass is 955 g/mol. The van der Waals surface area contributed by atoms with Crippen LogP contribution in [-0.4, -0.2) is 0 Å². The van der Waals surface area contributed by atoms with E-state index >= 15 is 0 Å². The van der Waals surface area contributed by atoms with Crippen molar-refractivity contribution >= 4 is 27.8 Å². The van der Waals surface area contributed by atoms with Gasteiger partial charge in [0.05, 0.1) is 22.2 Å². The second-order valence-electron chi connectivity index (χ2n) is 20.2. The first kappa shape index (κ1) is 41.9. The normalized spacial score (nSPS) is 14.0. The van der Waals surface area contributed by atoms with Gasteiger partial charge in [0.25, 0.3) is 0 Å². The van der Waals surface area contributed by atoms with Crippen LogP contribution < -0.4 is 14.4 Å². The molecule has 2 heterocycles. The highest BCUT2D eigenvalue weighted by atomic mass is 16.5.